The van der Waals surface area contributed by atoms with Gasteiger partial charge >= 0.3 is 0 Å². The van der Waals surface area contributed by atoms with Gasteiger partial charge in [0.2, 0.25) is 11.8 Å². The maximum atomic E-state index is 11.8. The van der Waals surface area contributed by atoms with Crippen LogP contribution in [0.4, 0.5) is 0 Å². The number of carbonyl (C=O) groups is 2. The predicted octanol–water partition coefficient (Wildman–Crippen LogP) is 0.318. The molecule has 0 spiro atoms. The zero-order valence-corrected chi connectivity index (χ0v) is 8.72. The second-order valence-electron chi connectivity index (χ2n) is 4.29. The molecule has 1 N–H and O–H groups in total. The number of aliphatic hydroxyl groups excluding tert-OH is 1. The van der Waals surface area contributed by atoms with E-state index in [0.29, 0.717) is 12.8 Å². The lowest BCUT2D eigenvalue weighted by Crippen LogP contribution is -2.36. The summed E-state index contributed by atoms with van der Waals surface area (Å²) in [5, 5.41) is 9.22. The fraction of sp³-hybridized carbons (Fsp3) is 0.636. The summed E-state index contributed by atoms with van der Waals surface area (Å²) < 4.78 is 0. The highest BCUT2D eigenvalue weighted by molar-refractivity contribution is 6.05. The second-order valence-corrected chi connectivity index (χ2v) is 4.29. The highest BCUT2D eigenvalue weighted by atomic mass is 16.3. The Kier molecular flexibility index (Phi) is 2.61. The van der Waals surface area contributed by atoms with Crippen LogP contribution in [0.1, 0.15) is 19.8 Å². The van der Waals surface area contributed by atoms with Crippen LogP contribution in [0.15, 0.2) is 12.2 Å². The first kappa shape index (κ1) is 10.4. The molecular formula is C11H15NO3. The van der Waals surface area contributed by atoms with E-state index in [2.05, 4.69) is 0 Å². The molecule has 0 aromatic carbocycles. The van der Waals surface area contributed by atoms with Gasteiger partial charge in [0.1, 0.15) is 0 Å². The number of aliphatic hydroxyl groups is 1. The Bertz CT molecular complexity index is 296. The molecule has 3 atom stereocenters. The monoisotopic (exact) mass is 209 g/mol. The molecule has 1 saturated heterocycles. The van der Waals surface area contributed by atoms with E-state index in [1.807, 2.05) is 12.2 Å². The maximum Gasteiger partial charge on any atom is 0.233 e. The van der Waals surface area contributed by atoms with Crippen LogP contribution in [0.25, 0.3) is 0 Å². The number of hydrogen-bond donors (Lipinski definition) is 1. The Morgan fingerprint density at radius 1 is 1.33 bits per heavy atom. The zero-order valence-electron chi connectivity index (χ0n) is 8.72. The molecule has 1 fully saturated rings. The molecule has 2 amide bonds. The molecule has 15 heavy (non-hydrogen) atoms. The van der Waals surface area contributed by atoms with Gasteiger partial charge in [-0.15, -0.1) is 0 Å². The van der Waals surface area contributed by atoms with Crippen LogP contribution in [0.3, 0.4) is 0 Å². The van der Waals surface area contributed by atoms with Gasteiger partial charge < -0.3 is 5.11 Å². The van der Waals surface area contributed by atoms with E-state index in [1.54, 1.807) is 6.92 Å². The Balaban J connectivity index is 2.17. The lowest BCUT2D eigenvalue weighted by Gasteiger charge is -2.16. The molecule has 2 rings (SSSR count). The number of carbonyl (C=O) groups excluding carboxylic acids is 2. The van der Waals surface area contributed by atoms with Crippen LogP contribution in [0, 0.1) is 11.8 Å². The van der Waals surface area contributed by atoms with Gasteiger partial charge in [-0.25, -0.2) is 0 Å². The Morgan fingerprint density at radius 3 is 2.20 bits per heavy atom. The quantitative estimate of drug-likeness (QED) is 0.526. The maximum absolute atomic E-state index is 11.8. The third-order valence-corrected chi connectivity index (χ3v) is 3.05. The highest BCUT2D eigenvalue weighted by Gasteiger charge is 2.47. The van der Waals surface area contributed by atoms with E-state index in [4.69, 9.17) is 0 Å². The number of nitrogens with zero attached hydrogens (tertiary/aromatic N) is 1. The molecule has 1 aliphatic heterocycles. The number of fused-ring (bicyclic) bond motifs is 1. The van der Waals surface area contributed by atoms with Gasteiger partial charge in [-0.1, -0.05) is 12.2 Å². The zero-order chi connectivity index (χ0) is 11.0. The third-order valence-electron chi connectivity index (χ3n) is 3.05. The van der Waals surface area contributed by atoms with Gasteiger partial charge in [-0.2, -0.15) is 0 Å². The summed E-state index contributed by atoms with van der Waals surface area (Å²) in [6.45, 7) is 1.71. The largest absolute Gasteiger partial charge is 0.392 e. The molecule has 2 aliphatic rings. The van der Waals surface area contributed by atoms with Crippen LogP contribution in [0.2, 0.25) is 0 Å². The first-order chi connectivity index (χ1) is 7.11. The molecule has 0 aromatic heterocycles. The van der Waals surface area contributed by atoms with Crippen molar-refractivity contribution >= 4 is 11.8 Å². The smallest absolute Gasteiger partial charge is 0.233 e. The van der Waals surface area contributed by atoms with Crippen molar-refractivity contribution in [3.8, 4) is 0 Å². The first-order valence-corrected chi connectivity index (χ1v) is 5.29. The normalized spacial score (nSPS) is 32.0. The minimum Gasteiger partial charge on any atom is -0.392 e. The van der Waals surface area contributed by atoms with Crippen LogP contribution in [0.5, 0.6) is 0 Å². The van der Waals surface area contributed by atoms with Crippen molar-refractivity contribution in [2.24, 2.45) is 11.8 Å². The molecule has 0 saturated carbocycles. The van der Waals surface area contributed by atoms with Gasteiger partial charge in [-0.3, -0.25) is 14.5 Å². The number of β-amino-alcohol motifs (C(OH)–C–C–N with tert-alkyl or cyclic N) is 1. The average Bonchev–Trinajstić information content (AvgIpc) is 2.44. The Labute approximate surface area is 88.6 Å². The summed E-state index contributed by atoms with van der Waals surface area (Å²) in [5.41, 5.74) is 0. The molecule has 4 nitrogen and oxygen atoms in total. The van der Waals surface area contributed by atoms with Gasteiger partial charge in [-0.05, 0) is 19.8 Å². The van der Waals surface area contributed by atoms with Gasteiger partial charge in [0.05, 0.1) is 24.5 Å². The topological polar surface area (TPSA) is 57.6 Å². The molecular weight excluding hydrogens is 194 g/mol. The minimum atomic E-state index is -0.647. The van der Waals surface area contributed by atoms with Crippen molar-refractivity contribution in [3.05, 3.63) is 12.2 Å². The van der Waals surface area contributed by atoms with Crippen LogP contribution in [-0.4, -0.2) is 34.5 Å². The number of hydrogen-bond acceptors (Lipinski definition) is 3. The molecule has 1 heterocycles. The highest BCUT2D eigenvalue weighted by Crippen LogP contribution is 2.34. The molecule has 0 radical (unpaired) electrons. The van der Waals surface area contributed by atoms with E-state index in [0.717, 1.165) is 0 Å². The van der Waals surface area contributed by atoms with Crippen LogP contribution in [-0.2, 0) is 9.59 Å². The summed E-state index contributed by atoms with van der Waals surface area (Å²) in [4.78, 5) is 24.9. The van der Waals surface area contributed by atoms with Crippen LogP contribution < -0.4 is 0 Å². The van der Waals surface area contributed by atoms with Crippen LogP contribution >= 0.6 is 0 Å². The third kappa shape index (κ3) is 1.69. The lowest BCUT2D eigenvalue weighted by atomic mass is 9.85. The standard InChI is InChI=1S/C11H15NO3/c1-7(13)6-12-10(14)8-4-2-3-5-9(8)11(12)15/h2-3,7-9,13H,4-6H2,1H3/t7?,8-,9+. The van der Waals surface area contributed by atoms with Crippen molar-refractivity contribution in [1.82, 2.24) is 4.90 Å². The predicted molar refractivity (Wildman–Crippen MR) is 53.8 cm³/mol. The average molecular weight is 209 g/mol. The van der Waals surface area contributed by atoms with Crippen molar-refractivity contribution in [1.29, 1.82) is 0 Å². The molecule has 0 aromatic rings. The SMILES string of the molecule is CC(O)CN1C(=O)[C@H]2CC=CC[C@H]2C1=O. The molecule has 1 aliphatic carbocycles. The van der Waals surface area contributed by atoms with Crippen molar-refractivity contribution in [3.63, 3.8) is 0 Å². The second kappa shape index (κ2) is 3.77. The van der Waals surface area contributed by atoms with E-state index in [9.17, 15) is 14.7 Å². The molecule has 1 unspecified atom stereocenters. The molecule has 4 heteroatoms. The van der Waals surface area contributed by atoms with Gasteiger partial charge in [0, 0.05) is 0 Å². The number of allylic oxidation sites excluding steroid dienone is 2. The van der Waals surface area contributed by atoms with E-state index in [-0.39, 0.29) is 30.2 Å². The fourth-order valence-corrected chi connectivity index (χ4v) is 2.31. The van der Waals surface area contributed by atoms with Gasteiger partial charge in [0.15, 0.2) is 0 Å². The summed E-state index contributed by atoms with van der Waals surface area (Å²) in [7, 11) is 0. The number of rotatable bonds is 2. The van der Waals surface area contributed by atoms with Crippen molar-refractivity contribution in [2.45, 2.75) is 25.9 Å². The summed E-state index contributed by atoms with van der Waals surface area (Å²) >= 11 is 0. The summed E-state index contributed by atoms with van der Waals surface area (Å²) in [6, 6.07) is 0. The van der Waals surface area contributed by atoms with E-state index in [1.165, 1.54) is 4.90 Å². The number of imide groups is 1. The number of amides is 2. The fourth-order valence-electron chi connectivity index (χ4n) is 2.31. The number of likely N-dealkylation sites (tertiary alicyclic amines) is 1. The first-order valence-electron chi connectivity index (χ1n) is 5.29. The van der Waals surface area contributed by atoms with E-state index >= 15 is 0 Å². The van der Waals surface area contributed by atoms with E-state index < -0.39 is 6.10 Å². The Morgan fingerprint density at radius 2 is 1.80 bits per heavy atom. The molecule has 0 bridgehead atoms. The van der Waals surface area contributed by atoms with Gasteiger partial charge in [0.25, 0.3) is 0 Å². The lowest BCUT2D eigenvalue weighted by molar-refractivity contribution is -0.141. The summed E-state index contributed by atoms with van der Waals surface area (Å²) in [5.74, 6) is -0.590. The molecule has 82 valence electrons. The summed E-state index contributed by atoms with van der Waals surface area (Å²) in [6.07, 6.45) is 4.58. The van der Waals surface area contributed by atoms with Crippen molar-refractivity contribution in [2.75, 3.05) is 6.54 Å². The van der Waals surface area contributed by atoms with Crippen molar-refractivity contribution < 1.29 is 14.7 Å². The Hall–Kier alpha value is -1.16. The minimum absolute atomic E-state index is 0.116.